The number of para-hydroxylation sites is 1. The maximum absolute atomic E-state index is 14.0. The molecule has 0 saturated carbocycles. The number of aromatic nitrogens is 3. The molecule has 1 N–H and O–H groups in total. The van der Waals surface area contributed by atoms with E-state index in [0.717, 1.165) is 33.0 Å². The molecule has 6 rings (SSSR count). The highest BCUT2D eigenvalue weighted by Crippen LogP contribution is 2.41. The van der Waals surface area contributed by atoms with Gasteiger partial charge in [-0.2, -0.15) is 13.2 Å². The van der Waals surface area contributed by atoms with Gasteiger partial charge in [0.2, 0.25) is 0 Å². The summed E-state index contributed by atoms with van der Waals surface area (Å²) in [5.41, 5.74) is 4.93. The maximum atomic E-state index is 14.0. The van der Waals surface area contributed by atoms with Crippen molar-refractivity contribution >= 4 is 44.3 Å². The molecule has 0 atom stereocenters. The number of hydrogen-bond acceptors (Lipinski definition) is 6. The summed E-state index contributed by atoms with van der Waals surface area (Å²) in [4.78, 5) is 16.2. The van der Waals surface area contributed by atoms with E-state index in [1.807, 2.05) is 30.3 Å². The number of hydrogen-bond donors (Lipinski definition) is 1. The molecule has 0 radical (unpaired) electrons. The zero-order chi connectivity index (χ0) is 28.7. The summed E-state index contributed by atoms with van der Waals surface area (Å²) in [7, 11) is 0. The number of nitrogens with one attached hydrogen (secondary N) is 1. The summed E-state index contributed by atoms with van der Waals surface area (Å²) >= 11 is 1.55. The fourth-order valence-corrected chi connectivity index (χ4v) is 6.22. The minimum absolute atomic E-state index is 0.0964. The number of aryl methyl sites for hydroxylation is 1. The number of benzene rings is 2. The van der Waals surface area contributed by atoms with Gasteiger partial charge in [-0.05, 0) is 66.4 Å². The Kier molecular flexibility index (Phi) is 6.83. The fraction of sp³-hybridized carbons (Fsp3) is 0.156. The summed E-state index contributed by atoms with van der Waals surface area (Å²) in [5, 5.41) is 4.07. The average molecular weight is 570 g/mol. The molecule has 0 amide bonds. The van der Waals surface area contributed by atoms with Crippen LogP contribution in [0.2, 0.25) is 0 Å². The molecule has 41 heavy (non-hydrogen) atoms. The zero-order valence-electron chi connectivity index (χ0n) is 22.3. The van der Waals surface area contributed by atoms with Crippen molar-refractivity contribution in [1.82, 2.24) is 15.0 Å². The minimum atomic E-state index is -4.49. The van der Waals surface area contributed by atoms with Gasteiger partial charge in [0.15, 0.2) is 5.13 Å². The average Bonchev–Trinajstić information content (AvgIpc) is 3.37. The van der Waals surface area contributed by atoms with Crippen LogP contribution in [0.15, 0.2) is 80.0 Å². The van der Waals surface area contributed by atoms with Crippen molar-refractivity contribution in [1.29, 1.82) is 0 Å². The van der Waals surface area contributed by atoms with Crippen LogP contribution in [0.5, 0.6) is 0 Å². The van der Waals surface area contributed by atoms with Crippen molar-refractivity contribution in [3.63, 3.8) is 0 Å². The van der Waals surface area contributed by atoms with Gasteiger partial charge in [-0.1, -0.05) is 54.8 Å². The number of fused-ring (bicyclic) bond motifs is 2. The van der Waals surface area contributed by atoms with Crippen molar-refractivity contribution in [3.8, 4) is 11.1 Å². The van der Waals surface area contributed by atoms with Crippen molar-refractivity contribution in [2.45, 2.75) is 26.1 Å². The third-order valence-electron chi connectivity index (χ3n) is 7.26. The second-order valence-electron chi connectivity index (χ2n) is 9.86. The van der Waals surface area contributed by atoms with Crippen LogP contribution in [-0.2, 0) is 19.1 Å². The van der Waals surface area contributed by atoms with Gasteiger partial charge >= 0.3 is 6.18 Å². The summed E-state index contributed by atoms with van der Waals surface area (Å²) in [6.07, 6.45) is -0.421. The lowest BCUT2D eigenvalue weighted by Gasteiger charge is -2.31. The Morgan fingerprint density at radius 1 is 1.02 bits per heavy atom. The van der Waals surface area contributed by atoms with Gasteiger partial charge in [-0.25, -0.2) is 9.97 Å². The molecule has 0 unspecified atom stereocenters. The van der Waals surface area contributed by atoms with Crippen LogP contribution in [0.25, 0.3) is 33.1 Å². The molecular formula is C32H26F3N5S. The van der Waals surface area contributed by atoms with Gasteiger partial charge < -0.3 is 10.2 Å². The van der Waals surface area contributed by atoms with Gasteiger partial charge in [-0.3, -0.25) is 4.98 Å². The number of pyridine rings is 2. The van der Waals surface area contributed by atoms with Crippen molar-refractivity contribution < 1.29 is 13.2 Å². The SMILES string of the molecule is C=Cc1nc(N2CCc3ccnc(C(=C)Nc4nc5ccccc5s4)c3C2)ccc1-c1cccc(C)c1C(F)(F)F. The summed E-state index contributed by atoms with van der Waals surface area (Å²) in [6.45, 7) is 10.8. The Bertz CT molecular complexity index is 1770. The molecule has 206 valence electrons. The molecular weight excluding hydrogens is 543 g/mol. The number of thiazole rings is 1. The quantitative estimate of drug-likeness (QED) is 0.223. The van der Waals surface area contributed by atoms with E-state index in [-0.39, 0.29) is 11.1 Å². The smallest absolute Gasteiger partial charge is 0.352 e. The zero-order valence-corrected chi connectivity index (χ0v) is 23.1. The molecule has 0 fully saturated rings. The van der Waals surface area contributed by atoms with E-state index in [9.17, 15) is 13.2 Å². The van der Waals surface area contributed by atoms with Gasteiger partial charge in [0, 0.05) is 30.4 Å². The van der Waals surface area contributed by atoms with E-state index in [2.05, 4.69) is 33.3 Å². The first-order valence-corrected chi connectivity index (χ1v) is 13.9. The number of halogens is 3. The van der Waals surface area contributed by atoms with Crippen molar-refractivity contribution in [2.24, 2.45) is 0 Å². The minimum Gasteiger partial charge on any atom is -0.352 e. The Hall–Kier alpha value is -4.50. The first kappa shape index (κ1) is 26.7. The summed E-state index contributed by atoms with van der Waals surface area (Å²) in [5.74, 6) is 0.662. The highest BCUT2D eigenvalue weighted by atomic mass is 32.1. The highest BCUT2D eigenvalue weighted by molar-refractivity contribution is 7.22. The first-order valence-electron chi connectivity index (χ1n) is 13.1. The first-order chi connectivity index (χ1) is 19.7. The Morgan fingerprint density at radius 3 is 2.63 bits per heavy atom. The van der Waals surface area contributed by atoms with Gasteiger partial charge in [0.25, 0.3) is 0 Å². The van der Waals surface area contributed by atoms with Gasteiger partial charge in [0.05, 0.1) is 32.9 Å². The fourth-order valence-electron chi connectivity index (χ4n) is 5.33. The van der Waals surface area contributed by atoms with Crippen LogP contribution in [0.3, 0.4) is 0 Å². The lowest BCUT2D eigenvalue weighted by Crippen LogP contribution is -2.32. The predicted molar refractivity (Wildman–Crippen MR) is 161 cm³/mol. The van der Waals surface area contributed by atoms with Crippen LogP contribution in [0.4, 0.5) is 24.1 Å². The monoisotopic (exact) mass is 569 g/mol. The molecule has 0 bridgehead atoms. The third-order valence-corrected chi connectivity index (χ3v) is 8.22. The Morgan fingerprint density at radius 2 is 1.85 bits per heavy atom. The lowest BCUT2D eigenvalue weighted by molar-refractivity contribution is -0.137. The molecule has 1 aliphatic heterocycles. The van der Waals surface area contributed by atoms with Crippen LogP contribution in [0.1, 0.15) is 33.6 Å². The molecule has 5 aromatic rings. The number of alkyl halides is 3. The molecule has 5 nitrogen and oxygen atoms in total. The second-order valence-corrected chi connectivity index (χ2v) is 10.9. The normalized spacial score (nSPS) is 13.2. The molecule has 9 heteroatoms. The van der Waals surface area contributed by atoms with Crippen molar-refractivity contribution in [3.05, 3.63) is 114 Å². The number of nitrogens with zero attached hydrogens (tertiary/aromatic N) is 4. The molecule has 0 spiro atoms. The topological polar surface area (TPSA) is 53.9 Å². The molecule has 1 aliphatic rings. The maximum Gasteiger partial charge on any atom is 0.417 e. The molecule has 2 aromatic carbocycles. The molecule has 0 aliphatic carbocycles. The van der Waals surface area contributed by atoms with E-state index in [0.29, 0.717) is 35.9 Å². The van der Waals surface area contributed by atoms with Crippen LogP contribution >= 0.6 is 11.3 Å². The van der Waals surface area contributed by atoms with E-state index in [1.165, 1.54) is 30.7 Å². The van der Waals surface area contributed by atoms with E-state index >= 15 is 0 Å². The Balaban J connectivity index is 1.30. The predicted octanol–water partition coefficient (Wildman–Crippen LogP) is 8.37. The lowest BCUT2D eigenvalue weighted by atomic mass is 9.94. The largest absolute Gasteiger partial charge is 0.417 e. The number of rotatable bonds is 6. The molecule has 0 saturated heterocycles. The standard InChI is InChI=1S/C32H26F3N5S/c1-4-25-22(23-9-7-8-19(2)29(23)32(33,34)35)12-13-28(38-25)40-17-15-21-14-16-36-30(24(21)18-40)20(3)37-31-39-26-10-5-6-11-27(26)41-31/h4-14,16H,1,3,15,17-18H2,2H3,(H,37,39). The van der Waals surface area contributed by atoms with E-state index in [4.69, 9.17) is 4.98 Å². The summed E-state index contributed by atoms with van der Waals surface area (Å²) in [6, 6.07) is 18.0. The van der Waals surface area contributed by atoms with Gasteiger partial charge in [0.1, 0.15) is 5.82 Å². The van der Waals surface area contributed by atoms with E-state index < -0.39 is 11.7 Å². The Labute approximate surface area is 239 Å². The van der Waals surface area contributed by atoms with Crippen LogP contribution in [-0.4, -0.2) is 21.5 Å². The third kappa shape index (κ3) is 5.09. The van der Waals surface area contributed by atoms with Crippen LogP contribution in [0, 0.1) is 6.92 Å². The number of anilines is 2. The second kappa shape index (κ2) is 10.5. The van der Waals surface area contributed by atoms with Gasteiger partial charge in [-0.15, -0.1) is 0 Å². The molecule has 3 aromatic heterocycles. The van der Waals surface area contributed by atoms with E-state index in [1.54, 1.807) is 35.7 Å². The van der Waals surface area contributed by atoms with Crippen molar-refractivity contribution in [2.75, 3.05) is 16.8 Å². The summed E-state index contributed by atoms with van der Waals surface area (Å²) < 4.78 is 43.0. The molecule has 4 heterocycles. The highest BCUT2D eigenvalue weighted by Gasteiger charge is 2.36. The van der Waals surface area contributed by atoms with Crippen LogP contribution < -0.4 is 10.2 Å².